The van der Waals surface area contributed by atoms with E-state index in [1.807, 2.05) is 0 Å². The lowest BCUT2D eigenvalue weighted by Gasteiger charge is -2.17. The van der Waals surface area contributed by atoms with Crippen LogP contribution in [0.4, 0.5) is 0 Å². The smallest absolute Gasteiger partial charge is 0.335 e. The Morgan fingerprint density at radius 3 is 1.78 bits per heavy atom. The maximum atomic E-state index is 12.2. The summed E-state index contributed by atoms with van der Waals surface area (Å²) in [5, 5.41) is 0. The summed E-state index contributed by atoms with van der Waals surface area (Å²) < 4.78 is 14.8. The van der Waals surface area contributed by atoms with Gasteiger partial charge in [-0.2, -0.15) is 0 Å². The van der Waals surface area contributed by atoms with Gasteiger partial charge >= 0.3 is 17.9 Å². The molecular formula is C17H28O6. The first-order chi connectivity index (χ1) is 11.0. The van der Waals surface area contributed by atoms with E-state index in [1.165, 1.54) is 0 Å². The molecule has 0 rings (SSSR count). The number of ether oxygens (including phenoxy) is 3. The van der Waals surface area contributed by atoms with E-state index in [0.717, 1.165) is 19.3 Å². The second-order valence-electron chi connectivity index (χ2n) is 4.81. The Balaban J connectivity index is 5.45. The van der Waals surface area contributed by atoms with Gasteiger partial charge in [0.2, 0.25) is 0 Å². The van der Waals surface area contributed by atoms with E-state index in [2.05, 4.69) is 6.92 Å². The highest BCUT2D eigenvalue weighted by Crippen LogP contribution is 2.19. The third-order valence-corrected chi connectivity index (χ3v) is 3.04. The number of esters is 3. The van der Waals surface area contributed by atoms with Gasteiger partial charge in [0.25, 0.3) is 0 Å². The van der Waals surface area contributed by atoms with Gasteiger partial charge in [-0.3, -0.25) is 9.59 Å². The van der Waals surface area contributed by atoms with Crippen LogP contribution in [0.1, 0.15) is 53.4 Å². The third kappa shape index (κ3) is 7.81. The molecule has 0 radical (unpaired) electrons. The van der Waals surface area contributed by atoms with Gasteiger partial charge in [0.05, 0.1) is 25.4 Å². The molecule has 0 aliphatic heterocycles. The lowest BCUT2D eigenvalue weighted by molar-refractivity contribution is -0.162. The van der Waals surface area contributed by atoms with Gasteiger partial charge in [-0.05, 0) is 33.6 Å². The van der Waals surface area contributed by atoms with Crippen molar-refractivity contribution < 1.29 is 28.6 Å². The highest BCUT2D eigenvalue weighted by molar-refractivity contribution is 6.07. The van der Waals surface area contributed by atoms with Crippen LogP contribution in [0.15, 0.2) is 11.6 Å². The lowest BCUT2D eigenvalue weighted by Crippen LogP contribution is -2.33. The minimum absolute atomic E-state index is 0.000136. The Kier molecular flexibility index (Phi) is 11.7. The van der Waals surface area contributed by atoms with Crippen LogP contribution in [0.3, 0.4) is 0 Å². The SMILES string of the molecule is CCCCC/C=C(/C(=O)OCC)C(C(=O)OCC)C(=O)OCC. The first kappa shape index (κ1) is 21.1. The second kappa shape index (κ2) is 12.7. The Labute approximate surface area is 138 Å². The Morgan fingerprint density at radius 2 is 1.35 bits per heavy atom. The monoisotopic (exact) mass is 328 g/mol. The van der Waals surface area contributed by atoms with E-state index in [0.29, 0.717) is 6.42 Å². The van der Waals surface area contributed by atoms with Crippen LogP contribution in [-0.2, 0) is 28.6 Å². The average Bonchev–Trinajstić information content (AvgIpc) is 2.50. The van der Waals surface area contributed by atoms with Crippen molar-refractivity contribution in [2.45, 2.75) is 53.4 Å². The Hall–Kier alpha value is -1.85. The van der Waals surface area contributed by atoms with Crippen LogP contribution < -0.4 is 0 Å². The fraction of sp³-hybridized carbons (Fsp3) is 0.706. The molecule has 0 fully saturated rings. The molecular weight excluding hydrogens is 300 g/mol. The number of hydrogen-bond donors (Lipinski definition) is 0. The summed E-state index contributed by atoms with van der Waals surface area (Å²) in [6.45, 7) is 7.38. The van der Waals surface area contributed by atoms with Crippen LogP contribution in [0, 0.1) is 5.92 Å². The summed E-state index contributed by atoms with van der Waals surface area (Å²) in [7, 11) is 0. The Morgan fingerprint density at radius 1 is 0.826 bits per heavy atom. The zero-order chi connectivity index (χ0) is 17.7. The summed E-state index contributed by atoms with van der Waals surface area (Å²) in [5.41, 5.74) is -0.000136. The predicted octanol–water partition coefficient (Wildman–Crippen LogP) is 2.80. The van der Waals surface area contributed by atoms with Crippen molar-refractivity contribution in [3.63, 3.8) is 0 Å². The molecule has 6 heteroatoms. The van der Waals surface area contributed by atoms with Gasteiger partial charge in [0.15, 0.2) is 5.92 Å². The normalized spacial score (nSPS) is 11.3. The first-order valence-electron chi connectivity index (χ1n) is 8.23. The molecule has 0 aromatic rings. The highest BCUT2D eigenvalue weighted by Gasteiger charge is 2.37. The molecule has 0 amide bonds. The maximum Gasteiger partial charge on any atom is 0.335 e. The van der Waals surface area contributed by atoms with Crippen LogP contribution in [0.25, 0.3) is 0 Å². The number of carbonyl (C=O) groups is 3. The zero-order valence-electron chi connectivity index (χ0n) is 14.6. The number of allylic oxidation sites excluding steroid dienone is 1. The van der Waals surface area contributed by atoms with E-state index in [-0.39, 0.29) is 25.4 Å². The van der Waals surface area contributed by atoms with Crippen molar-refractivity contribution in [1.82, 2.24) is 0 Å². The third-order valence-electron chi connectivity index (χ3n) is 3.04. The van der Waals surface area contributed by atoms with Gasteiger partial charge in [-0.1, -0.05) is 25.8 Å². The van der Waals surface area contributed by atoms with Gasteiger partial charge in [-0.25, -0.2) is 4.79 Å². The molecule has 0 saturated heterocycles. The standard InChI is InChI=1S/C17H28O6/c1-5-9-10-11-12-13(15(18)21-6-2)14(16(19)22-7-3)17(20)23-8-4/h12,14H,5-11H2,1-4H3/b13-12+. The molecule has 0 heterocycles. The van der Waals surface area contributed by atoms with E-state index >= 15 is 0 Å². The van der Waals surface area contributed by atoms with E-state index in [9.17, 15) is 14.4 Å². The number of carbonyl (C=O) groups excluding carboxylic acids is 3. The molecule has 6 nitrogen and oxygen atoms in total. The summed E-state index contributed by atoms with van der Waals surface area (Å²) in [6.07, 6.45) is 5.05. The van der Waals surface area contributed by atoms with E-state index < -0.39 is 23.8 Å². The molecule has 0 saturated carbocycles. The van der Waals surface area contributed by atoms with Crippen molar-refractivity contribution >= 4 is 17.9 Å². The topological polar surface area (TPSA) is 78.9 Å². The molecule has 0 aliphatic rings. The highest BCUT2D eigenvalue weighted by atomic mass is 16.6. The predicted molar refractivity (Wildman–Crippen MR) is 85.6 cm³/mol. The molecule has 0 aliphatic carbocycles. The van der Waals surface area contributed by atoms with Gasteiger partial charge in [0.1, 0.15) is 0 Å². The fourth-order valence-corrected chi connectivity index (χ4v) is 1.99. The molecule has 0 spiro atoms. The summed E-state index contributed by atoms with van der Waals surface area (Å²) >= 11 is 0. The summed E-state index contributed by atoms with van der Waals surface area (Å²) in [4.78, 5) is 36.4. The molecule has 0 bridgehead atoms. The van der Waals surface area contributed by atoms with Crippen molar-refractivity contribution in [1.29, 1.82) is 0 Å². The van der Waals surface area contributed by atoms with Crippen LogP contribution in [0.5, 0.6) is 0 Å². The molecule has 0 aromatic heterocycles. The first-order valence-corrected chi connectivity index (χ1v) is 8.23. The lowest BCUT2D eigenvalue weighted by atomic mass is 9.97. The number of unbranched alkanes of at least 4 members (excludes halogenated alkanes) is 3. The summed E-state index contributed by atoms with van der Waals surface area (Å²) in [6, 6.07) is 0. The molecule has 132 valence electrons. The molecule has 0 unspecified atom stereocenters. The van der Waals surface area contributed by atoms with E-state index in [1.54, 1.807) is 26.8 Å². The second-order valence-corrected chi connectivity index (χ2v) is 4.81. The van der Waals surface area contributed by atoms with Crippen molar-refractivity contribution in [3.05, 3.63) is 11.6 Å². The molecule has 23 heavy (non-hydrogen) atoms. The van der Waals surface area contributed by atoms with Crippen molar-refractivity contribution in [2.75, 3.05) is 19.8 Å². The minimum atomic E-state index is -1.39. The quantitative estimate of drug-likeness (QED) is 0.191. The van der Waals surface area contributed by atoms with Crippen molar-refractivity contribution in [3.8, 4) is 0 Å². The van der Waals surface area contributed by atoms with Crippen LogP contribution in [0.2, 0.25) is 0 Å². The molecule has 0 atom stereocenters. The van der Waals surface area contributed by atoms with E-state index in [4.69, 9.17) is 14.2 Å². The molecule has 0 N–H and O–H groups in total. The average molecular weight is 328 g/mol. The minimum Gasteiger partial charge on any atom is -0.465 e. The number of rotatable bonds is 11. The maximum absolute atomic E-state index is 12.2. The largest absolute Gasteiger partial charge is 0.465 e. The fourth-order valence-electron chi connectivity index (χ4n) is 1.99. The van der Waals surface area contributed by atoms with Crippen LogP contribution >= 0.6 is 0 Å². The molecule has 0 aromatic carbocycles. The van der Waals surface area contributed by atoms with Gasteiger partial charge in [-0.15, -0.1) is 0 Å². The van der Waals surface area contributed by atoms with Crippen LogP contribution in [-0.4, -0.2) is 37.7 Å². The zero-order valence-corrected chi connectivity index (χ0v) is 14.6. The van der Waals surface area contributed by atoms with Gasteiger partial charge in [0, 0.05) is 0 Å². The van der Waals surface area contributed by atoms with Gasteiger partial charge < -0.3 is 14.2 Å². The summed E-state index contributed by atoms with van der Waals surface area (Å²) in [5.74, 6) is -3.66. The number of hydrogen-bond acceptors (Lipinski definition) is 6. The Bertz CT molecular complexity index is 395. The van der Waals surface area contributed by atoms with Crippen molar-refractivity contribution in [2.24, 2.45) is 5.92 Å².